The van der Waals surface area contributed by atoms with E-state index < -0.39 is 0 Å². The Labute approximate surface area is 266 Å². The highest BCUT2D eigenvalue weighted by Gasteiger charge is 2.24. The van der Waals surface area contributed by atoms with Crippen molar-refractivity contribution >= 4 is 34.5 Å². The van der Waals surface area contributed by atoms with Crippen molar-refractivity contribution in [2.75, 3.05) is 58.3 Å². The molecule has 0 radical (unpaired) electrons. The average Bonchev–Trinajstić information content (AvgIpc) is 3.30. The summed E-state index contributed by atoms with van der Waals surface area (Å²) in [5, 5.41) is 4.06. The third-order valence-electron chi connectivity index (χ3n) is 8.31. The molecule has 3 heterocycles. The highest BCUT2D eigenvalue weighted by molar-refractivity contribution is 6.31. The molecule has 7 rings (SSSR count). The summed E-state index contributed by atoms with van der Waals surface area (Å²) in [5.41, 5.74) is 7.51. The van der Waals surface area contributed by atoms with Crippen LogP contribution in [0.5, 0.6) is 11.5 Å². The van der Waals surface area contributed by atoms with Crippen molar-refractivity contribution in [3.05, 3.63) is 113 Å². The molecule has 44 heavy (non-hydrogen) atoms. The number of aliphatic imine (C=N–C) groups is 1. The SMILES string of the molecule is CC(CN(C)C)CN1c2ccccc2CCc2ccccc21.Clc1ccc2c(c1)C(N1CCNCC1)=Nc1ccccc1O2. The maximum absolute atomic E-state index is 6.20. The van der Waals surface area contributed by atoms with Gasteiger partial charge in [0.1, 0.15) is 17.3 Å². The molecule has 0 saturated carbocycles. The van der Waals surface area contributed by atoms with E-state index in [-0.39, 0.29) is 0 Å². The minimum absolute atomic E-state index is 0.620. The minimum Gasteiger partial charge on any atom is -0.454 e. The fraction of sp³-hybridized carbons (Fsp3) is 0.324. The smallest absolute Gasteiger partial charge is 0.153 e. The number of fused-ring (bicyclic) bond motifs is 4. The highest BCUT2D eigenvalue weighted by atomic mass is 35.5. The lowest BCUT2D eigenvalue weighted by Crippen LogP contribution is -2.46. The number of ether oxygens (including phenoxy) is 1. The number of hydrogen-bond acceptors (Lipinski definition) is 6. The first-order valence-corrected chi connectivity index (χ1v) is 16.0. The molecule has 3 aliphatic rings. The van der Waals surface area contributed by atoms with E-state index in [1.807, 2.05) is 42.5 Å². The largest absolute Gasteiger partial charge is 0.454 e. The molecule has 0 amide bonds. The zero-order chi connectivity index (χ0) is 30.5. The number of piperazine rings is 1. The van der Waals surface area contributed by atoms with Crippen molar-refractivity contribution in [1.29, 1.82) is 0 Å². The van der Waals surface area contributed by atoms with Crippen LogP contribution in [0.3, 0.4) is 0 Å². The lowest BCUT2D eigenvalue weighted by atomic mass is 10.0. The molecule has 1 N–H and O–H groups in total. The molecule has 4 aromatic carbocycles. The quantitative estimate of drug-likeness (QED) is 0.259. The van der Waals surface area contributed by atoms with Crippen LogP contribution in [0.1, 0.15) is 23.6 Å². The Morgan fingerprint density at radius 2 is 1.48 bits per heavy atom. The summed E-state index contributed by atoms with van der Waals surface area (Å²) in [6.45, 7) is 8.28. The van der Waals surface area contributed by atoms with Crippen molar-refractivity contribution in [3.63, 3.8) is 0 Å². The number of benzene rings is 4. The molecule has 7 heteroatoms. The van der Waals surface area contributed by atoms with Crippen molar-refractivity contribution in [3.8, 4) is 11.5 Å². The van der Waals surface area contributed by atoms with Gasteiger partial charge in [-0.25, -0.2) is 4.99 Å². The van der Waals surface area contributed by atoms with E-state index in [1.165, 1.54) is 22.5 Å². The normalized spacial score (nSPS) is 16.1. The molecule has 0 aliphatic carbocycles. The zero-order valence-electron chi connectivity index (χ0n) is 26.0. The Hall–Kier alpha value is -3.84. The maximum Gasteiger partial charge on any atom is 0.153 e. The first kappa shape index (κ1) is 30.2. The third kappa shape index (κ3) is 6.94. The van der Waals surface area contributed by atoms with E-state index in [1.54, 1.807) is 0 Å². The lowest BCUT2D eigenvalue weighted by molar-refractivity contribution is 0.343. The summed E-state index contributed by atoms with van der Waals surface area (Å²) < 4.78 is 6.06. The number of hydrogen-bond donors (Lipinski definition) is 1. The van der Waals surface area contributed by atoms with Crippen LogP contribution in [0.25, 0.3) is 0 Å². The van der Waals surface area contributed by atoms with Crippen LogP contribution >= 0.6 is 11.6 Å². The number of aryl methyl sites for hydroxylation is 2. The summed E-state index contributed by atoms with van der Waals surface area (Å²) in [7, 11) is 4.31. The van der Waals surface area contributed by atoms with E-state index >= 15 is 0 Å². The molecule has 0 aromatic heterocycles. The number of nitrogens with zero attached hydrogens (tertiary/aromatic N) is 4. The summed E-state index contributed by atoms with van der Waals surface area (Å²) in [4.78, 5) is 12.0. The Morgan fingerprint density at radius 1 is 0.841 bits per heavy atom. The predicted molar refractivity (Wildman–Crippen MR) is 184 cm³/mol. The van der Waals surface area contributed by atoms with E-state index in [0.29, 0.717) is 10.9 Å². The number of para-hydroxylation sites is 4. The molecule has 228 valence electrons. The van der Waals surface area contributed by atoms with Gasteiger partial charge in [0, 0.05) is 55.7 Å². The van der Waals surface area contributed by atoms with Crippen LogP contribution in [-0.2, 0) is 12.8 Å². The number of rotatable bonds is 4. The molecule has 1 fully saturated rings. The van der Waals surface area contributed by atoms with Gasteiger partial charge in [-0.1, -0.05) is 67.1 Å². The van der Waals surface area contributed by atoms with Crippen LogP contribution < -0.4 is 15.0 Å². The molecule has 1 saturated heterocycles. The van der Waals surface area contributed by atoms with Gasteiger partial charge in [-0.15, -0.1) is 0 Å². The summed E-state index contributed by atoms with van der Waals surface area (Å²) in [6, 6.07) is 31.3. The fourth-order valence-corrected chi connectivity index (χ4v) is 6.54. The predicted octanol–water partition coefficient (Wildman–Crippen LogP) is 7.55. The number of halogens is 1. The summed E-state index contributed by atoms with van der Waals surface area (Å²) in [5.74, 6) is 3.13. The Bertz CT molecular complexity index is 1570. The van der Waals surface area contributed by atoms with Crippen LogP contribution in [0.4, 0.5) is 17.1 Å². The zero-order valence-corrected chi connectivity index (χ0v) is 26.7. The first-order valence-electron chi connectivity index (χ1n) is 15.7. The Balaban J connectivity index is 0.000000156. The van der Waals surface area contributed by atoms with Crippen LogP contribution in [0.2, 0.25) is 5.02 Å². The summed E-state index contributed by atoms with van der Waals surface area (Å²) in [6.07, 6.45) is 2.26. The minimum atomic E-state index is 0.620. The van der Waals surface area contributed by atoms with Crippen molar-refractivity contribution < 1.29 is 4.74 Å². The Kier molecular flexibility index (Phi) is 9.51. The van der Waals surface area contributed by atoms with Crippen LogP contribution in [0, 0.1) is 5.92 Å². The van der Waals surface area contributed by atoms with Crippen LogP contribution in [0.15, 0.2) is 96.0 Å². The van der Waals surface area contributed by atoms with Crippen LogP contribution in [-0.4, -0.2) is 69.0 Å². The lowest BCUT2D eigenvalue weighted by Gasteiger charge is -2.30. The van der Waals surface area contributed by atoms with Gasteiger partial charge in [0.25, 0.3) is 0 Å². The molecule has 0 spiro atoms. The standard InChI is InChI=1S/C20H26N2.C17H16ClN3O/c1-16(14-21(2)3)15-22-19-10-6-4-8-17(19)12-13-18-9-5-7-11-20(18)22;18-12-5-6-15-13(11-12)17(21-9-7-19-8-10-21)20-14-3-1-2-4-16(14)22-15/h4-11,16H,12-15H2,1-3H3;1-6,11,19H,7-10H2. The monoisotopic (exact) mass is 607 g/mol. The maximum atomic E-state index is 6.20. The number of anilines is 2. The second-order valence-electron chi connectivity index (χ2n) is 12.1. The average molecular weight is 608 g/mol. The Morgan fingerprint density at radius 3 is 2.16 bits per heavy atom. The van der Waals surface area contributed by atoms with Gasteiger partial charge >= 0.3 is 0 Å². The van der Waals surface area contributed by atoms with Gasteiger partial charge < -0.3 is 24.8 Å². The second-order valence-corrected chi connectivity index (χ2v) is 12.6. The second kappa shape index (κ2) is 13.9. The van der Waals surface area contributed by atoms with E-state index in [0.717, 1.165) is 80.7 Å². The summed E-state index contributed by atoms with van der Waals surface area (Å²) >= 11 is 6.20. The van der Waals surface area contributed by atoms with Gasteiger partial charge in [-0.3, -0.25) is 0 Å². The van der Waals surface area contributed by atoms with Gasteiger partial charge in [-0.05, 0) is 86.4 Å². The molecule has 3 aliphatic heterocycles. The van der Waals surface area contributed by atoms with Gasteiger partial charge in [0.05, 0.1) is 5.56 Å². The molecular formula is C37H42ClN5O. The van der Waals surface area contributed by atoms with Gasteiger partial charge in [0.2, 0.25) is 0 Å². The van der Waals surface area contributed by atoms with Crippen molar-refractivity contribution in [2.45, 2.75) is 19.8 Å². The van der Waals surface area contributed by atoms with Gasteiger partial charge in [-0.2, -0.15) is 0 Å². The number of amidine groups is 1. The van der Waals surface area contributed by atoms with Crippen molar-refractivity contribution in [2.24, 2.45) is 10.9 Å². The molecule has 4 aromatic rings. The first-order chi connectivity index (χ1) is 21.5. The fourth-order valence-electron chi connectivity index (χ4n) is 6.37. The highest BCUT2D eigenvalue weighted by Crippen LogP contribution is 2.39. The number of nitrogens with one attached hydrogen (secondary N) is 1. The molecule has 6 nitrogen and oxygen atoms in total. The van der Waals surface area contributed by atoms with E-state index in [4.69, 9.17) is 21.3 Å². The molecular weight excluding hydrogens is 566 g/mol. The van der Waals surface area contributed by atoms with E-state index in [9.17, 15) is 0 Å². The molecule has 1 unspecified atom stereocenters. The third-order valence-corrected chi connectivity index (χ3v) is 8.55. The molecule has 0 bridgehead atoms. The van der Waals surface area contributed by atoms with Gasteiger partial charge in [0.15, 0.2) is 5.75 Å². The van der Waals surface area contributed by atoms with Crippen molar-refractivity contribution in [1.82, 2.24) is 15.1 Å². The molecule has 1 atom stereocenters. The van der Waals surface area contributed by atoms with E-state index in [2.05, 4.69) is 89.6 Å². The topological polar surface area (TPSA) is 43.3 Å².